The molecule has 3 aromatic rings. The van der Waals surface area contributed by atoms with Crippen molar-refractivity contribution in [3.8, 4) is 5.69 Å². The number of amides is 1. The van der Waals surface area contributed by atoms with Gasteiger partial charge in [-0.25, -0.2) is 0 Å². The van der Waals surface area contributed by atoms with E-state index >= 15 is 0 Å². The van der Waals surface area contributed by atoms with Crippen LogP contribution in [0.1, 0.15) is 34.5 Å². The number of nitrogens with zero attached hydrogens (tertiary/aromatic N) is 2. The van der Waals surface area contributed by atoms with Crippen molar-refractivity contribution in [2.45, 2.75) is 25.3 Å². The number of piperidine rings is 1. The van der Waals surface area contributed by atoms with E-state index in [0.29, 0.717) is 0 Å². The maximum Gasteiger partial charge on any atom is 0.254 e. The minimum Gasteiger partial charge on any atom is -0.372 e. The molecule has 1 fully saturated rings. The van der Waals surface area contributed by atoms with Crippen molar-refractivity contribution >= 4 is 11.6 Å². The van der Waals surface area contributed by atoms with Crippen LogP contribution in [0.3, 0.4) is 0 Å². The summed E-state index contributed by atoms with van der Waals surface area (Å²) in [5, 5.41) is 3.81. The summed E-state index contributed by atoms with van der Waals surface area (Å²) in [6.07, 6.45) is 3.95. The van der Waals surface area contributed by atoms with Crippen molar-refractivity contribution in [2.24, 2.45) is 0 Å². The number of aryl methyl sites for hydroxylation is 1. The predicted octanol–water partition coefficient (Wildman–Crippen LogP) is 4.34. The monoisotopic (exact) mass is 357 g/mol. The largest absolute Gasteiger partial charge is 0.372 e. The number of hydrogen-bond acceptors (Lipinski definition) is 2. The number of rotatable bonds is 1. The maximum absolute atomic E-state index is 13.0. The van der Waals surface area contributed by atoms with Crippen LogP contribution in [0.15, 0.2) is 66.9 Å². The lowest BCUT2D eigenvalue weighted by Gasteiger charge is -2.46. The van der Waals surface area contributed by atoms with Gasteiger partial charge in [-0.2, -0.15) is 0 Å². The zero-order valence-corrected chi connectivity index (χ0v) is 15.5. The lowest BCUT2D eigenvalue weighted by Crippen LogP contribution is -2.51. The summed E-state index contributed by atoms with van der Waals surface area (Å²) in [4.78, 5) is 15.0. The van der Waals surface area contributed by atoms with Gasteiger partial charge >= 0.3 is 0 Å². The van der Waals surface area contributed by atoms with E-state index in [1.807, 2.05) is 36.1 Å². The molecule has 5 rings (SSSR count). The van der Waals surface area contributed by atoms with Gasteiger partial charge in [0.1, 0.15) is 0 Å². The van der Waals surface area contributed by atoms with Gasteiger partial charge in [-0.1, -0.05) is 30.3 Å². The lowest BCUT2D eigenvalue weighted by atomic mass is 9.82. The molecule has 0 radical (unpaired) electrons. The Morgan fingerprint density at radius 1 is 0.963 bits per heavy atom. The summed E-state index contributed by atoms with van der Waals surface area (Å²) in [6, 6.07) is 20.6. The molecule has 136 valence electrons. The van der Waals surface area contributed by atoms with Crippen LogP contribution >= 0.6 is 0 Å². The normalized spacial score (nSPS) is 17.1. The SMILES string of the molecule is Cc1ccccc1C(=O)N1CCC2(CC1)Nc1ccccc1-n1cccc12. The second kappa shape index (κ2) is 6.02. The molecular formula is C23H23N3O. The van der Waals surface area contributed by atoms with Crippen LogP contribution in [0.4, 0.5) is 5.69 Å². The van der Waals surface area contributed by atoms with Crippen LogP contribution in [-0.2, 0) is 5.54 Å². The molecule has 1 amide bonds. The summed E-state index contributed by atoms with van der Waals surface area (Å²) in [5.74, 6) is 0.148. The van der Waals surface area contributed by atoms with E-state index in [2.05, 4.69) is 52.5 Å². The van der Waals surface area contributed by atoms with E-state index in [-0.39, 0.29) is 11.4 Å². The van der Waals surface area contributed by atoms with Crippen LogP contribution < -0.4 is 5.32 Å². The van der Waals surface area contributed by atoms with Crippen LogP contribution in [0.5, 0.6) is 0 Å². The van der Waals surface area contributed by atoms with Crippen LogP contribution in [0.25, 0.3) is 5.69 Å². The molecule has 1 N–H and O–H groups in total. The van der Waals surface area contributed by atoms with Crippen molar-refractivity contribution in [1.82, 2.24) is 9.47 Å². The van der Waals surface area contributed by atoms with Crippen LogP contribution in [0, 0.1) is 6.92 Å². The molecule has 3 heterocycles. The number of carbonyl (C=O) groups is 1. The van der Waals surface area contributed by atoms with Gasteiger partial charge in [0.2, 0.25) is 0 Å². The first kappa shape index (κ1) is 16.2. The van der Waals surface area contributed by atoms with E-state index in [9.17, 15) is 4.79 Å². The highest BCUT2D eigenvalue weighted by molar-refractivity contribution is 5.95. The number of para-hydroxylation sites is 2. The Bertz CT molecular complexity index is 1010. The van der Waals surface area contributed by atoms with Crippen molar-refractivity contribution < 1.29 is 4.79 Å². The molecule has 27 heavy (non-hydrogen) atoms. The summed E-state index contributed by atoms with van der Waals surface area (Å²) in [7, 11) is 0. The van der Waals surface area contributed by atoms with Gasteiger partial charge < -0.3 is 14.8 Å². The third kappa shape index (κ3) is 2.47. The molecule has 2 aliphatic rings. The highest BCUT2D eigenvalue weighted by atomic mass is 16.2. The van der Waals surface area contributed by atoms with Crippen LogP contribution in [0.2, 0.25) is 0 Å². The Labute approximate surface area is 159 Å². The lowest BCUT2D eigenvalue weighted by molar-refractivity contribution is 0.0675. The highest BCUT2D eigenvalue weighted by Crippen LogP contribution is 2.43. The fraction of sp³-hybridized carbons (Fsp3) is 0.261. The topological polar surface area (TPSA) is 37.3 Å². The predicted molar refractivity (Wildman–Crippen MR) is 107 cm³/mol. The fourth-order valence-corrected chi connectivity index (χ4v) is 4.55. The molecule has 0 bridgehead atoms. The number of hydrogen-bond donors (Lipinski definition) is 1. The van der Waals surface area contributed by atoms with Gasteiger partial charge in [0.05, 0.1) is 16.9 Å². The second-order valence-electron chi connectivity index (χ2n) is 7.59. The van der Waals surface area contributed by atoms with Crippen molar-refractivity contribution in [1.29, 1.82) is 0 Å². The van der Waals surface area contributed by atoms with Crippen LogP contribution in [-0.4, -0.2) is 28.5 Å². The summed E-state index contributed by atoms with van der Waals surface area (Å²) < 4.78 is 2.30. The average Bonchev–Trinajstić information content (AvgIpc) is 3.20. The van der Waals surface area contributed by atoms with E-state index in [0.717, 1.165) is 37.1 Å². The van der Waals surface area contributed by atoms with Gasteiger partial charge in [-0.3, -0.25) is 4.79 Å². The molecule has 0 unspecified atom stereocenters. The maximum atomic E-state index is 13.0. The molecule has 1 spiro atoms. The van der Waals surface area contributed by atoms with E-state index in [4.69, 9.17) is 0 Å². The first-order valence-electron chi connectivity index (χ1n) is 9.58. The molecule has 0 saturated carbocycles. The number of anilines is 1. The minimum absolute atomic E-state index is 0.111. The van der Waals surface area contributed by atoms with Gasteiger partial charge in [0.25, 0.3) is 5.91 Å². The highest BCUT2D eigenvalue weighted by Gasteiger charge is 2.42. The molecular weight excluding hydrogens is 334 g/mol. The fourth-order valence-electron chi connectivity index (χ4n) is 4.55. The Hall–Kier alpha value is -3.01. The van der Waals surface area contributed by atoms with Gasteiger partial charge in [-0.15, -0.1) is 0 Å². The Morgan fingerprint density at radius 2 is 1.70 bits per heavy atom. The Balaban J connectivity index is 1.42. The summed E-state index contributed by atoms with van der Waals surface area (Å²) in [6.45, 7) is 3.52. The Morgan fingerprint density at radius 3 is 2.52 bits per heavy atom. The third-order valence-corrected chi connectivity index (χ3v) is 6.06. The zero-order chi connectivity index (χ0) is 18.4. The van der Waals surface area contributed by atoms with E-state index in [1.165, 1.54) is 17.1 Å². The first-order chi connectivity index (χ1) is 13.2. The first-order valence-corrected chi connectivity index (χ1v) is 9.58. The van der Waals surface area contributed by atoms with Crippen molar-refractivity contribution in [2.75, 3.05) is 18.4 Å². The summed E-state index contributed by atoms with van der Waals surface area (Å²) >= 11 is 0. The molecule has 2 aliphatic heterocycles. The quantitative estimate of drug-likeness (QED) is 0.703. The third-order valence-electron chi connectivity index (χ3n) is 6.06. The van der Waals surface area contributed by atoms with Gasteiger partial charge in [0.15, 0.2) is 0 Å². The molecule has 0 atom stereocenters. The summed E-state index contributed by atoms with van der Waals surface area (Å²) in [5.41, 5.74) is 5.41. The number of likely N-dealkylation sites (tertiary alicyclic amines) is 1. The minimum atomic E-state index is -0.111. The molecule has 1 saturated heterocycles. The molecule has 1 aromatic heterocycles. The molecule has 4 heteroatoms. The Kier molecular flexibility index (Phi) is 3.61. The molecule has 2 aromatic carbocycles. The smallest absolute Gasteiger partial charge is 0.254 e. The van der Waals surface area contributed by atoms with Crippen molar-refractivity contribution in [3.05, 3.63) is 83.7 Å². The second-order valence-corrected chi connectivity index (χ2v) is 7.59. The van der Waals surface area contributed by atoms with Gasteiger partial charge in [-0.05, 0) is 55.7 Å². The number of nitrogens with one attached hydrogen (secondary N) is 1. The van der Waals surface area contributed by atoms with Crippen molar-refractivity contribution in [3.63, 3.8) is 0 Å². The average molecular weight is 357 g/mol. The van der Waals surface area contributed by atoms with E-state index in [1.54, 1.807) is 0 Å². The standard InChI is InChI=1S/C23H23N3O/c1-17-7-2-3-8-18(17)22(27)25-15-12-23(13-16-25)21-11-6-14-26(21)20-10-5-4-9-19(20)24-23/h2-11,14,24H,12-13,15-16H2,1H3. The van der Waals surface area contributed by atoms with E-state index < -0.39 is 0 Å². The number of aromatic nitrogens is 1. The number of benzene rings is 2. The molecule has 4 nitrogen and oxygen atoms in total. The number of fused-ring (bicyclic) bond motifs is 4. The zero-order valence-electron chi connectivity index (χ0n) is 15.5. The van der Waals surface area contributed by atoms with Gasteiger partial charge in [0, 0.05) is 30.5 Å². The number of carbonyl (C=O) groups excluding carboxylic acids is 1. The molecule has 0 aliphatic carbocycles.